The highest BCUT2D eigenvalue weighted by atomic mass is 32.2. The van der Waals surface area contributed by atoms with E-state index < -0.39 is 10.0 Å². The molecule has 2 aromatic rings. The lowest BCUT2D eigenvalue weighted by atomic mass is 10.2. The molecule has 2 rings (SSSR count). The van der Waals surface area contributed by atoms with E-state index in [1.54, 1.807) is 31.2 Å². The van der Waals surface area contributed by atoms with E-state index in [4.69, 9.17) is 10.2 Å². The lowest BCUT2D eigenvalue weighted by molar-refractivity contribution is 0.498. The van der Waals surface area contributed by atoms with Crippen LogP contribution in [0.4, 0.5) is 5.69 Å². The van der Waals surface area contributed by atoms with Crippen molar-refractivity contribution >= 4 is 15.7 Å². The zero-order valence-electron chi connectivity index (χ0n) is 9.88. The van der Waals surface area contributed by atoms with Crippen molar-refractivity contribution in [2.24, 2.45) is 0 Å². The number of hydrogen-bond acceptors (Lipinski definition) is 4. The van der Waals surface area contributed by atoms with Crippen molar-refractivity contribution in [1.82, 2.24) is 4.72 Å². The van der Waals surface area contributed by atoms with Crippen molar-refractivity contribution in [2.75, 3.05) is 5.73 Å². The van der Waals surface area contributed by atoms with E-state index in [1.165, 1.54) is 12.3 Å². The number of aryl methyl sites for hydroxylation is 1. The largest absolute Gasteiger partial charge is 0.468 e. The number of hydrogen-bond donors (Lipinski definition) is 2. The Morgan fingerprint density at radius 2 is 2.11 bits per heavy atom. The van der Waals surface area contributed by atoms with Crippen molar-refractivity contribution < 1.29 is 12.8 Å². The van der Waals surface area contributed by atoms with Crippen LogP contribution in [0.5, 0.6) is 0 Å². The lowest BCUT2D eigenvalue weighted by Gasteiger charge is -2.08. The standard InChI is InChI=1S/C12H14N2O3S/c1-9-7-10(13)4-5-12(9)18(15,16)14-8-11-3-2-6-17-11/h2-7,14H,8,13H2,1H3. The molecule has 5 nitrogen and oxygen atoms in total. The second-order valence-electron chi connectivity index (χ2n) is 3.93. The smallest absolute Gasteiger partial charge is 0.241 e. The molecule has 0 saturated carbocycles. The van der Waals surface area contributed by atoms with Gasteiger partial charge in [-0.3, -0.25) is 0 Å². The van der Waals surface area contributed by atoms with Gasteiger partial charge in [-0.1, -0.05) is 0 Å². The van der Waals surface area contributed by atoms with Gasteiger partial charge in [0.2, 0.25) is 10.0 Å². The summed E-state index contributed by atoms with van der Waals surface area (Å²) >= 11 is 0. The molecule has 0 aliphatic heterocycles. The third kappa shape index (κ3) is 2.72. The van der Waals surface area contributed by atoms with Gasteiger partial charge >= 0.3 is 0 Å². The monoisotopic (exact) mass is 266 g/mol. The molecular formula is C12H14N2O3S. The third-order valence-corrected chi connectivity index (χ3v) is 4.07. The Morgan fingerprint density at radius 1 is 1.33 bits per heavy atom. The van der Waals surface area contributed by atoms with E-state index in [0.29, 0.717) is 17.0 Å². The summed E-state index contributed by atoms with van der Waals surface area (Å²) in [6.45, 7) is 1.83. The maximum Gasteiger partial charge on any atom is 0.241 e. The van der Waals surface area contributed by atoms with E-state index in [2.05, 4.69) is 4.72 Å². The van der Waals surface area contributed by atoms with Crippen molar-refractivity contribution in [3.63, 3.8) is 0 Å². The number of nitrogens with two attached hydrogens (primary N) is 1. The Labute approximate surface area is 106 Å². The summed E-state index contributed by atoms with van der Waals surface area (Å²) in [5.74, 6) is 0.562. The molecule has 0 atom stereocenters. The van der Waals surface area contributed by atoms with Crippen LogP contribution in [-0.2, 0) is 16.6 Å². The normalized spacial score (nSPS) is 11.6. The molecule has 0 radical (unpaired) electrons. The van der Waals surface area contributed by atoms with Crippen LogP contribution >= 0.6 is 0 Å². The quantitative estimate of drug-likeness (QED) is 0.824. The van der Waals surface area contributed by atoms with Crippen molar-refractivity contribution in [3.05, 3.63) is 47.9 Å². The SMILES string of the molecule is Cc1cc(N)ccc1S(=O)(=O)NCc1ccco1. The average molecular weight is 266 g/mol. The fourth-order valence-electron chi connectivity index (χ4n) is 1.63. The maximum atomic E-state index is 12.1. The predicted octanol–water partition coefficient (Wildman–Crippen LogP) is 1.65. The molecule has 0 fully saturated rings. The summed E-state index contributed by atoms with van der Waals surface area (Å²) in [6.07, 6.45) is 1.50. The number of anilines is 1. The summed E-state index contributed by atoms with van der Waals surface area (Å²) in [7, 11) is -3.55. The van der Waals surface area contributed by atoms with Crippen LogP contribution in [0.3, 0.4) is 0 Å². The van der Waals surface area contributed by atoms with Gasteiger partial charge in [0, 0.05) is 5.69 Å². The van der Waals surface area contributed by atoms with E-state index in [-0.39, 0.29) is 11.4 Å². The molecule has 0 spiro atoms. The van der Waals surface area contributed by atoms with Gasteiger partial charge in [0.1, 0.15) is 5.76 Å². The summed E-state index contributed by atoms with van der Waals surface area (Å²) in [5.41, 5.74) is 6.74. The highest BCUT2D eigenvalue weighted by Gasteiger charge is 2.16. The molecule has 6 heteroatoms. The average Bonchev–Trinajstić information content (AvgIpc) is 2.78. The third-order valence-electron chi connectivity index (χ3n) is 2.51. The van der Waals surface area contributed by atoms with Crippen LogP contribution in [0.1, 0.15) is 11.3 Å². The molecule has 0 unspecified atom stereocenters. The van der Waals surface area contributed by atoms with Gasteiger partial charge in [-0.05, 0) is 42.8 Å². The van der Waals surface area contributed by atoms with Gasteiger partial charge < -0.3 is 10.2 Å². The first kappa shape index (κ1) is 12.7. The van der Waals surface area contributed by atoms with Crippen molar-refractivity contribution in [1.29, 1.82) is 0 Å². The lowest BCUT2D eigenvalue weighted by Crippen LogP contribution is -2.23. The number of furan rings is 1. The minimum atomic E-state index is -3.55. The predicted molar refractivity (Wildman–Crippen MR) is 68.3 cm³/mol. The second-order valence-corrected chi connectivity index (χ2v) is 5.66. The van der Waals surface area contributed by atoms with Crippen LogP contribution in [-0.4, -0.2) is 8.42 Å². The molecule has 3 N–H and O–H groups in total. The van der Waals surface area contributed by atoms with E-state index in [0.717, 1.165) is 0 Å². The molecule has 0 bridgehead atoms. The van der Waals surface area contributed by atoms with Crippen LogP contribution in [0.25, 0.3) is 0 Å². The first-order valence-electron chi connectivity index (χ1n) is 5.37. The zero-order valence-corrected chi connectivity index (χ0v) is 10.7. The Kier molecular flexibility index (Phi) is 3.40. The molecule has 0 aliphatic carbocycles. The first-order chi connectivity index (χ1) is 8.49. The van der Waals surface area contributed by atoms with Gasteiger partial charge in [0.05, 0.1) is 17.7 Å². The summed E-state index contributed by atoms with van der Waals surface area (Å²) < 4.78 is 31.7. The molecule has 0 saturated heterocycles. The van der Waals surface area contributed by atoms with Gasteiger partial charge in [0.15, 0.2) is 0 Å². The van der Waals surface area contributed by atoms with Gasteiger partial charge in [0.25, 0.3) is 0 Å². The van der Waals surface area contributed by atoms with Crippen molar-refractivity contribution in [2.45, 2.75) is 18.4 Å². The highest BCUT2D eigenvalue weighted by molar-refractivity contribution is 7.89. The fraction of sp³-hybridized carbons (Fsp3) is 0.167. The number of nitrogen functional groups attached to an aromatic ring is 1. The fourth-order valence-corrected chi connectivity index (χ4v) is 2.85. The highest BCUT2D eigenvalue weighted by Crippen LogP contribution is 2.18. The number of benzene rings is 1. The molecule has 0 aliphatic rings. The number of nitrogens with one attached hydrogen (secondary N) is 1. The first-order valence-corrected chi connectivity index (χ1v) is 6.85. The summed E-state index contributed by atoms with van der Waals surface area (Å²) in [5, 5.41) is 0. The van der Waals surface area contributed by atoms with Crippen LogP contribution in [0, 0.1) is 6.92 Å². The Hall–Kier alpha value is -1.79. The summed E-state index contributed by atoms with van der Waals surface area (Å²) in [6, 6.07) is 8.10. The maximum absolute atomic E-state index is 12.1. The van der Waals surface area contributed by atoms with Crippen molar-refractivity contribution in [3.8, 4) is 0 Å². The summed E-state index contributed by atoms with van der Waals surface area (Å²) in [4.78, 5) is 0.225. The molecule has 1 aromatic carbocycles. The molecule has 1 aromatic heterocycles. The van der Waals surface area contributed by atoms with Crippen LogP contribution in [0.2, 0.25) is 0 Å². The van der Waals surface area contributed by atoms with E-state index in [9.17, 15) is 8.42 Å². The molecular weight excluding hydrogens is 252 g/mol. The zero-order chi connectivity index (χ0) is 13.2. The van der Waals surface area contributed by atoms with E-state index in [1.807, 2.05) is 0 Å². The van der Waals surface area contributed by atoms with Crippen LogP contribution < -0.4 is 10.5 Å². The number of sulfonamides is 1. The Morgan fingerprint density at radius 3 is 2.72 bits per heavy atom. The number of rotatable bonds is 4. The van der Waals surface area contributed by atoms with Gasteiger partial charge in [-0.25, -0.2) is 13.1 Å². The van der Waals surface area contributed by atoms with Crippen LogP contribution in [0.15, 0.2) is 45.9 Å². The second kappa shape index (κ2) is 4.83. The molecule has 18 heavy (non-hydrogen) atoms. The topological polar surface area (TPSA) is 85.3 Å². The molecule has 0 amide bonds. The molecule has 96 valence electrons. The minimum Gasteiger partial charge on any atom is -0.468 e. The molecule has 1 heterocycles. The Bertz CT molecular complexity index is 633. The van der Waals surface area contributed by atoms with Gasteiger partial charge in [-0.2, -0.15) is 0 Å². The minimum absolute atomic E-state index is 0.124. The Balaban J connectivity index is 2.20. The van der Waals surface area contributed by atoms with Gasteiger partial charge in [-0.15, -0.1) is 0 Å². The van der Waals surface area contributed by atoms with E-state index >= 15 is 0 Å².